The van der Waals surface area contributed by atoms with E-state index < -0.39 is 0 Å². The van der Waals surface area contributed by atoms with Crippen LogP contribution in [0.2, 0.25) is 0 Å². The maximum atomic E-state index is 9.30. The summed E-state index contributed by atoms with van der Waals surface area (Å²) in [6, 6.07) is 5.64. The second-order valence-electron chi connectivity index (χ2n) is 4.00. The fraction of sp³-hybridized carbons (Fsp3) is 0.154. The number of nitrogen functional groups attached to an aromatic ring is 2. The Morgan fingerprint density at radius 1 is 1.29 bits per heavy atom. The fourth-order valence-corrected chi connectivity index (χ4v) is 3.17. The molecule has 0 amide bonds. The van der Waals surface area contributed by atoms with Gasteiger partial charge in [-0.15, -0.1) is 0 Å². The first-order valence-corrected chi connectivity index (χ1v) is 7.51. The second kappa shape index (κ2) is 6.28. The van der Waals surface area contributed by atoms with Gasteiger partial charge in [0.1, 0.15) is 23.2 Å². The molecule has 1 aromatic heterocycles. The third kappa shape index (κ3) is 3.09. The SMILES string of the molecule is CCOc1c(Br)cc(Br)cc1-c1nc(N)nc(N)c1C#N. The van der Waals surface area contributed by atoms with E-state index in [4.69, 9.17) is 16.2 Å². The van der Waals surface area contributed by atoms with Crippen molar-refractivity contribution in [2.24, 2.45) is 0 Å². The Balaban J connectivity index is 2.81. The lowest BCUT2D eigenvalue weighted by Gasteiger charge is -2.14. The van der Waals surface area contributed by atoms with E-state index in [2.05, 4.69) is 41.8 Å². The van der Waals surface area contributed by atoms with Crippen LogP contribution in [0.1, 0.15) is 12.5 Å². The number of hydrogen-bond acceptors (Lipinski definition) is 6. The first-order valence-electron chi connectivity index (χ1n) is 5.93. The molecule has 0 saturated heterocycles. The first kappa shape index (κ1) is 15.5. The summed E-state index contributed by atoms with van der Waals surface area (Å²) in [5.74, 6) is 0.605. The van der Waals surface area contributed by atoms with Gasteiger partial charge in [0.2, 0.25) is 5.95 Å². The standard InChI is InChI=1S/C13H11Br2N5O/c1-2-21-11-7(3-6(14)4-9(11)15)10-8(5-16)12(17)20-13(18)19-10/h3-4H,2H2,1H3,(H4,17,18,19,20). The van der Waals surface area contributed by atoms with Crippen molar-refractivity contribution < 1.29 is 4.74 Å². The zero-order valence-corrected chi connectivity index (χ0v) is 14.2. The second-order valence-corrected chi connectivity index (χ2v) is 5.77. The van der Waals surface area contributed by atoms with Gasteiger partial charge in [-0.3, -0.25) is 0 Å². The Morgan fingerprint density at radius 2 is 2.00 bits per heavy atom. The molecule has 2 rings (SSSR count). The molecule has 0 aliphatic rings. The van der Waals surface area contributed by atoms with E-state index in [-0.39, 0.29) is 17.3 Å². The number of rotatable bonds is 3. The zero-order chi connectivity index (χ0) is 15.6. The highest BCUT2D eigenvalue weighted by Crippen LogP contribution is 2.40. The van der Waals surface area contributed by atoms with Gasteiger partial charge in [0.05, 0.1) is 16.8 Å². The van der Waals surface area contributed by atoms with E-state index in [0.717, 1.165) is 8.95 Å². The number of halogens is 2. The minimum Gasteiger partial charge on any atom is -0.492 e. The van der Waals surface area contributed by atoms with Crippen molar-refractivity contribution in [1.82, 2.24) is 9.97 Å². The summed E-state index contributed by atoms with van der Waals surface area (Å²) in [7, 11) is 0. The third-order valence-corrected chi connectivity index (χ3v) is 3.67. The average Bonchev–Trinajstić information content (AvgIpc) is 2.40. The van der Waals surface area contributed by atoms with Crippen LogP contribution < -0.4 is 16.2 Å². The van der Waals surface area contributed by atoms with Crippen molar-refractivity contribution in [2.45, 2.75) is 6.92 Å². The average molecular weight is 413 g/mol. The van der Waals surface area contributed by atoms with Crippen LogP contribution in [0.4, 0.5) is 11.8 Å². The number of benzene rings is 1. The van der Waals surface area contributed by atoms with E-state index in [1.54, 1.807) is 6.07 Å². The molecule has 0 aliphatic carbocycles. The molecule has 6 nitrogen and oxygen atoms in total. The van der Waals surface area contributed by atoms with E-state index in [9.17, 15) is 5.26 Å². The molecule has 0 unspecified atom stereocenters. The Bertz CT molecular complexity index is 742. The van der Waals surface area contributed by atoms with Crippen LogP contribution >= 0.6 is 31.9 Å². The van der Waals surface area contributed by atoms with E-state index >= 15 is 0 Å². The van der Waals surface area contributed by atoms with Crippen LogP contribution in [0, 0.1) is 11.3 Å². The topological polar surface area (TPSA) is 111 Å². The lowest BCUT2D eigenvalue weighted by molar-refractivity contribution is 0.339. The summed E-state index contributed by atoms with van der Waals surface area (Å²) in [6.07, 6.45) is 0. The molecule has 0 aliphatic heterocycles. The van der Waals surface area contributed by atoms with Crippen LogP contribution in [0.5, 0.6) is 5.75 Å². The highest BCUT2D eigenvalue weighted by Gasteiger charge is 2.19. The maximum Gasteiger partial charge on any atom is 0.222 e. The molecule has 8 heteroatoms. The Kier molecular flexibility index (Phi) is 4.65. The minimum atomic E-state index is 0.0000430. The highest BCUT2D eigenvalue weighted by atomic mass is 79.9. The molecule has 4 N–H and O–H groups in total. The van der Waals surface area contributed by atoms with Gasteiger partial charge < -0.3 is 16.2 Å². The zero-order valence-electron chi connectivity index (χ0n) is 11.0. The summed E-state index contributed by atoms with van der Waals surface area (Å²) in [4.78, 5) is 7.95. The van der Waals surface area contributed by atoms with Gasteiger partial charge in [-0.1, -0.05) is 15.9 Å². The molecule has 0 saturated carbocycles. The molecule has 0 fully saturated rings. The van der Waals surface area contributed by atoms with Gasteiger partial charge in [0, 0.05) is 10.0 Å². The van der Waals surface area contributed by atoms with Crippen LogP contribution in [-0.4, -0.2) is 16.6 Å². The summed E-state index contributed by atoms with van der Waals surface area (Å²) in [5, 5.41) is 9.30. The smallest absolute Gasteiger partial charge is 0.222 e. The van der Waals surface area contributed by atoms with Gasteiger partial charge >= 0.3 is 0 Å². The summed E-state index contributed by atoms with van der Waals surface area (Å²) < 4.78 is 7.17. The largest absolute Gasteiger partial charge is 0.492 e. The maximum absolute atomic E-state index is 9.30. The molecule has 2 aromatic rings. The molecule has 108 valence electrons. The van der Waals surface area contributed by atoms with Crippen LogP contribution in [0.3, 0.4) is 0 Å². The summed E-state index contributed by atoms with van der Waals surface area (Å²) >= 11 is 6.84. The third-order valence-electron chi connectivity index (χ3n) is 2.62. The van der Waals surface area contributed by atoms with E-state index in [1.807, 2.05) is 19.1 Å². The van der Waals surface area contributed by atoms with Crippen molar-refractivity contribution in [3.8, 4) is 23.1 Å². The number of anilines is 2. The number of nitrogens with two attached hydrogens (primary N) is 2. The van der Waals surface area contributed by atoms with Crippen molar-refractivity contribution in [3.63, 3.8) is 0 Å². The number of aromatic nitrogens is 2. The van der Waals surface area contributed by atoms with Crippen LogP contribution in [0.25, 0.3) is 11.3 Å². The quantitative estimate of drug-likeness (QED) is 0.800. The highest BCUT2D eigenvalue weighted by molar-refractivity contribution is 9.11. The molecule has 0 spiro atoms. The molecule has 21 heavy (non-hydrogen) atoms. The predicted octanol–water partition coefficient (Wildman–Crippen LogP) is 3.10. The molecule has 0 bridgehead atoms. The number of nitriles is 1. The lowest BCUT2D eigenvalue weighted by atomic mass is 10.1. The number of ether oxygens (including phenoxy) is 1. The van der Waals surface area contributed by atoms with Crippen molar-refractivity contribution in [1.29, 1.82) is 5.26 Å². The number of nitrogens with zero attached hydrogens (tertiary/aromatic N) is 3. The summed E-state index contributed by atoms with van der Waals surface area (Å²) in [5.41, 5.74) is 12.5. The Morgan fingerprint density at radius 3 is 2.62 bits per heavy atom. The summed E-state index contributed by atoms with van der Waals surface area (Å²) in [6.45, 7) is 2.33. The first-order chi connectivity index (χ1) is 9.97. The van der Waals surface area contributed by atoms with Crippen molar-refractivity contribution >= 4 is 43.6 Å². The van der Waals surface area contributed by atoms with Crippen molar-refractivity contribution in [3.05, 3.63) is 26.6 Å². The van der Waals surface area contributed by atoms with Gasteiger partial charge in [-0.05, 0) is 35.0 Å². The van der Waals surface area contributed by atoms with E-state index in [0.29, 0.717) is 23.6 Å². The molecule has 0 atom stereocenters. The molecular formula is C13H11Br2N5O. The molecular weight excluding hydrogens is 402 g/mol. The Hall–Kier alpha value is -1.85. The van der Waals surface area contributed by atoms with Gasteiger partial charge in [-0.25, -0.2) is 4.98 Å². The van der Waals surface area contributed by atoms with Crippen LogP contribution in [0.15, 0.2) is 21.1 Å². The van der Waals surface area contributed by atoms with Crippen LogP contribution in [-0.2, 0) is 0 Å². The van der Waals surface area contributed by atoms with Crippen molar-refractivity contribution in [2.75, 3.05) is 18.1 Å². The lowest BCUT2D eigenvalue weighted by Crippen LogP contribution is -2.06. The molecule has 0 radical (unpaired) electrons. The monoisotopic (exact) mass is 411 g/mol. The predicted molar refractivity (Wildman–Crippen MR) is 87.6 cm³/mol. The minimum absolute atomic E-state index is 0.0000430. The van der Waals surface area contributed by atoms with Gasteiger partial charge in [0.15, 0.2) is 0 Å². The van der Waals surface area contributed by atoms with E-state index in [1.165, 1.54) is 0 Å². The molecule has 1 heterocycles. The number of hydrogen-bond donors (Lipinski definition) is 2. The fourth-order valence-electron chi connectivity index (χ4n) is 1.83. The van der Waals surface area contributed by atoms with Gasteiger partial charge in [-0.2, -0.15) is 10.2 Å². The van der Waals surface area contributed by atoms with Gasteiger partial charge in [0.25, 0.3) is 0 Å². The molecule has 1 aromatic carbocycles. The Labute approximate surface area is 138 Å². The normalized spacial score (nSPS) is 10.2.